The minimum Gasteiger partial charge on any atom is -0.376 e. The molecule has 7 nitrogen and oxygen atoms in total. The van der Waals surface area contributed by atoms with E-state index in [1.807, 2.05) is 24.3 Å². The van der Waals surface area contributed by atoms with Crippen molar-refractivity contribution in [1.82, 2.24) is 19.7 Å². The van der Waals surface area contributed by atoms with Crippen molar-refractivity contribution < 1.29 is 9.53 Å². The molecule has 0 bridgehead atoms. The molecule has 1 saturated heterocycles. The van der Waals surface area contributed by atoms with Crippen molar-refractivity contribution in [2.45, 2.75) is 63.3 Å². The average molecular weight is 480 g/mol. The summed E-state index contributed by atoms with van der Waals surface area (Å²) in [6.45, 7) is 6.76. The maximum absolute atomic E-state index is 11.2. The summed E-state index contributed by atoms with van der Waals surface area (Å²) in [6.07, 6.45) is 2.41. The lowest BCUT2D eigenvalue weighted by atomic mass is 10.1. The molecule has 1 fully saturated rings. The first-order valence-corrected chi connectivity index (χ1v) is 12.7. The number of nitrogens with zero attached hydrogens (tertiary/aromatic N) is 4. The topological polar surface area (TPSA) is 72.3 Å². The molecule has 2 aromatic carbocycles. The van der Waals surface area contributed by atoms with Gasteiger partial charge in [-0.2, -0.15) is 0 Å². The van der Waals surface area contributed by atoms with Gasteiger partial charge < -0.3 is 14.6 Å². The Bertz CT molecular complexity index is 1090. The number of benzene rings is 2. The van der Waals surface area contributed by atoms with E-state index in [2.05, 4.69) is 63.2 Å². The van der Waals surface area contributed by atoms with Crippen molar-refractivity contribution in [2.75, 3.05) is 19.0 Å². The zero-order chi connectivity index (χ0) is 23.9. The Morgan fingerprint density at radius 1 is 1.18 bits per heavy atom. The number of carbonyl (C=O) groups excluding carboxylic acids is 1. The summed E-state index contributed by atoms with van der Waals surface area (Å²) in [7, 11) is 2.09. The van der Waals surface area contributed by atoms with Crippen molar-refractivity contribution in [3.05, 3.63) is 71.0 Å². The van der Waals surface area contributed by atoms with Crippen LogP contribution in [0.2, 0.25) is 0 Å². The molecule has 8 heteroatoms. The minimum absolute atomic E-state index is 0.0634. The lowest BCUT2D eigenvalue weighted by Crippen LogP contribution is -2.23. The molecule has 1 N–H and O–H groups in total. The van der Waals surface area contributed by atoms with Crippen LogP contribution in [-0.2, 0) is 34.9 Å². The number of carbonyl (C=O) groups is 1. The quantitative estimate of drug-likeness (QED) is 0.427. The molecule has 1 unspecified atom stereocenters. The molecule has 1 aliphatic heterocycles. The van der Waals surface area contributed by atoms with Crippen LogP contribution in [0, 0.1) is 6.92 Å². The van der Waals surface area contributed by atoms with Crippen molar-refractivity contribution >= 4 is 23.4 Å². The molecule has 0 spiro atoms. The van der Waals surface area contributed by atoms with Gasteiger partial charge in [-0.05, 0) is 55.6 Å². The monoisotopic (exact) mass is 479 g/mol. The highest BCUT2D eigenvalue weighted by Gasteiger charge is 2.22. The summed E-state index contributed by atoms with van der Waals surface area (Å²) in [4.78, 5) is 13.5. The van der Waals surface area contributed by atoms with E-state index >= 15 is 0 Å². The Hall–Kier alpha value is -2.68. The number of amides is 1. The molecular weight excluding hydrogens is 446 g/mol. The molecule has 1 aromatic heterocycles. The maximum Gasteiger partial charge on any atom is 0.221 e. The number of rotatable bonds is 10. The summed E-state index contributed by atoms with van der Waals surface area (Å²) in [5.41, 5.74) is 4.60. The third-order valence-corrected chi connectivity index (χ3v) is 6.98. The normalized spacial score (nSPS) is 15.7. The first-order chi connectivity index (χ1) is 16.5. The van der Waals surface area contributed by atoms with E-state index in [0.717, 1.165) is 55.0 Å². The smallest absolute Gasteiger partial charge is 0.221 e. The lowest BCUT2D eigenvalue weighted by Gasteiger charge is -2.19. The first kappa shape index (κ1) is 24.4. The van der Waals surface area contributed by atoms with E-state index in [1.54, 1.807) is 11.8 Å². The fourth-order valence-corrected chi connectivity index (χ4v) is 5.18. The van der Waals surface area contributed by atoms with Gasteiger partial charge >= 0.3 is 0 Å². The highest BCUT2D eigenvalue weighted by Crippen LogP contribution is 2.26. The molecular formula is C26H33N5O2S. The van der Waals surface area contributed by atoms with Crippen LogP contribution in [0.5, 0.6) is 0 Å². The number of thioether (sulfide) groups is 1. The van der Waals surface area contributed by atoms with Crippen LogP contribution >= 0.6 is 11.8 Å². The van der Waals surface area contributed by atoms with Gasteiger partial charge in [-0.25, -0.2) is 0 Å². The van der Waals surface area contributed by atoms with Crippen LogP contribution in [0.1, 0.15) is 42.3 Å². The summed E-state index contributed by atoms with van der Waals surface area (Å²) in [5, 5.41) is 12.9. The fourth-order valence-electron chi connectivity index (χ4n) is 4.14. The standard InChI is InChI=1S/C26H33N5O2S/c1-19-7-4-5-8-22(19)18-34-26-29-28-25(31(26)16-24-9-6-14-33-24)17-30(3)15-21-10-12-23(13-11-21)27-20(2)32/h4-5,7-8,10-13,24H,6,9,14-18H2,1-3H3,(H,27,32). The van der Waals surface area contributed by atoms with Crippen LogP contribution in [0.25, 0.3) is 0 Å². The fraction of sp³-hybridized carbons (Fsp3) is 0.423. The van der Waals surface area contributed by atoms with Gasteiger partial charge in [-0.3, -0.25) is 9.69 Å². The zero-order valence-corrected chi connectivity index (χ0v) is 21.0. The molecule has 1 atom stereocenters. The van der Waals surface area contributed by atoms with Gasteiger partial charge in [0, 0.05) is 31.5 Å². The van der Waals surface area contributed by atoms with Crippen LogP contribution in [0.4, 0.5) is 5.69 Å². The summed E-state index contributed by atoms with van der Waals surface area (Å²) < 4.78 is 8.17. The molecule has 4 rings (SSSR count). The van der Waals surface area contributed by atoms with E-state index in [4.69, 9.17) is 4.74 Å². The predicted octanol–water partition coefficient (Wildman–Crippen LogP) is 4.65. The second kappa shape index (κ2) is 11.6. The van der Waals surface area contributed by atoms with E-state index < -0.39 is 0 Å². The van der Waals surface area contributed by atoms with Crippen molar-refractivity contribution in [3.8, 4) is 0 Å². The van der Waals surface area contributed by atoms with Gasteiger partial charge in [0.25, 0.3) is 0 Å². The van der Waals surface area contributed by atoms with Gasteiger partial charge in [0.15, 0.2) is 5.16 Å². The van der Waals surface area contributed by atoms with Crippen LogP contribution in [0.3, 0.4) is 0 Å². The molecule has 0 aliphatic carbocycles. The number of aryl methyl sites for hydroxylation is 1. The van der Waals surface area contributed by atoms with Crippen molar-refractivity contribution in [3.63, 3.8) is 0 Å². The van der Waals surface area contributed by atoms with E-state index in [0.29, 0.717) is 6.54 Å². The predicted molar refractivity (Wildman–Crippen MR) is 136 cm³/mol. The average Bonchev–Trinajstić information content (AvgIpc) is 3.45. The van der Waals surface area contributed by atoms with Gasteiger partial charge in [0.2, 0.25) is 5.91 Å². The van der Waals surface area contributed by atoms with Crippen molar-refractivity contribution in [1.29, 1.82) is 0 Å². The Labute approximate surface area is 205 Å². The van der Waals surface area contributed by atoms with Gasteiger partial charge in [-0.1, -0.05) is 48.2 Å². The summed E-state index contributed by atoms with van der Waals surface area (Å²) in [6, 6.07) is 16.4. The Morgan fingerprint density at radius 3 is 2.68 bits per heavy atom. The third kappa shape index (κ3) is 6.68. The second-order valence-corrected chi connectivity index (χ2v) is 9.85. The molecule has 180 valence electrons. The van der Waals surface area contributed by atoms with Gasteiger partial charge in [-0.15, -0.1) is 10.2 Å². The van der Waals surface area contributed by atoms with Crippen LogP contribution < -0.4 is 5.32 Å². The maximum atomic E-state index is 11.2. The SMILES string of the molecule is CC(=O)Nc1ccc(CN(C)Cc2nnc(SCc3ccccc3C)n2CC2CCCO2)cc1. The summed E-state index contributed by atoms with van der Waals surface area (Å²) in [5.74, 6) is 1.76. The highest BCUT2D eigenvalue weighted by molar-refractivity contribution is 7.98. The number of aromatic nitrogens is 3. The number of anilines is 1. The molecule has 1 aliphatic rings. The van der Waals surface area contributed by atoms with Crippen LogP contribution in [-0.4, -0.2) is 45.3 Å². The van der Waals surface area contributed by atoms with Gasteiger partial charge in [0.05, 0.1) is 19.2 Å². The Morgan fingerprint density at radius 2 is 1.97 bits per heavy atom. The molecule has 3 aromatic rings. The van der Waals surface area contributed by atoms with E-state index in [9.17, 15) is 4.79 Å². The first-order valence-electron chi connectivity index (χ1n) is 11.7. The van der Waals surface area contributed by atoms with Gasteiger partial charge in [0.1, 0.15) is 5.82 Å². The Balaban J connectivity index is 1.44. The van der Waals surface area contributed by atoms with Crippen LogP contribution in [0.15, 0.2) is 53.7 Å². The number of hydrogen-bond acceptors (Lipinski definition) is 6. The largest absolute Gasteiger partial charge is 0.376 e. The molecule has 0 radical (unpaired) electrons. The lowest BCUT2D eigenvalue weighted by molar-refractivity contribution is -0.114. The molecule has 1 amide bonds. The molecule has 0 saturated carbocycles. The molecule has 2 heterocycles. The third-order valence-electron chi connectivity index (χ3n) is 5.96. The number of nitrogens with one attached hydrogen (secondary N) is 1. The van der Waals surface area contributed by atoms with Crippen molar-refractivity contribution in [2.24, 2.45) is 0 Å². The number of ether oxygens (including phenoxy) is 1. The summed E-state index contributed by atoms with van der Waals surface area (Å²) >= 11 is 1.74. The molecule has 34 heavy (non-hydrogen) atoms. The van der Waals surface area contributed by atoms with E-state index in [1.165, 1.54) is 23.6 Å². The minimum atomic E-state index is -0.0634. The Kier molecular flexibility index (Phi) is 8.37. The highest BCUT2D eigenvalue weighted by atomic mass is 32.2. The zero-order valence-electron chi connectivity index (χ0n) is 20.2. The second-order valence-electron chi connectivity index (χ2n) is 8.91. The van der Waals surface area contributed by atoms with E-state index in [-0.39, 0.29) is 12.0 Å². The number of hydrogen-bond donors (Lipinski definition) is 1.